The molecule has 23 heavy (non-hydrogen) atoms. The van der Waals surface area contributed by atoms with Gasteiger partial charge in [0.05, 0.1) is 5.92 Å². The van der Waals surface area contributed by atoms with Gasteiger partial charge >= 0.3 is 5.96 Å². The normalized spacial score (nSPS) is 60.4. The van der Waals surface area contributed by atoms with E-state index in [4.69, 9.17) is 15.2 Å². The van der Waals surface area contributed by atoms with Gasteiger partial charge in [0.1, 0.15) is 30.4 Å². The highest BCUT2D eigenvalue weighted by Gasteiger charge is 2.83. The van der Waals surface area contributed by atoms with E-state index in [1.54, 1.807) is 0 Å². The second-order valence-electron chi connectivity index (χ2n) is 6.38. The lowest BCUT2D eigenvalue weighted by Gasteiger charge is -2.73. The first-order chi connectivity index (χ1) is 10.6. The van der Waals surface area contributed by atoms with Gasteiger partial charge < -0.3 is 45.2 Å². The topological polar surface area (TPSA) is 215 Å². The Morgan fingerprint density at radius 2 is 1.83 bits per heavy atom. The van der Waals surface area contributed by atoms with E-state index in [2.05, 4.69) is 10.3 Å². The summed E-state index contributed by atoms with van der Waals surface area (Å²) < 4.78 is 9.91. The molecular formula is C11H17N3O9. The molecule has 0 aromatic carbocycles. The van der Waals surface area contributed by atoms with Crippen LogP contribution in [-0.4, -0.2) is 90.6 Å². The fraction of sp³-hybridized carbons (Fsp3) is 0.909. The number of hydrogen-bond donors (Lipinski definition) is 9. The molecule has 5 rings (SSSR count). The van der Waals surface area contributed by atoms with Crippen LogP contribution < -0.4 is 21.1 Å². The molecule has 9 atom stereocenters. The van der Waals surface area contributed by atoms with Crippen molar-refractivity contribution in [2.24, 2.45) is 11.7 Å². The maximum absolute atomic E-state index is 12.6. The number of ether oxygens (including phenoxy) is 2. The zero-order valence-corrected chi connectivity index (χ0v) is 11.5. The minimum absolute atomic E-state index is 0.217. The molecule has 12 nitrogen and oxygen atoms in total. The summed E-state index contributed by atoms with van der Waals surface area (Å²) in [5.74, 6) is -4.43. The lowest BCUT2D eigenvalue weighted by Crippen LogP contribution is -3.04. The van der Waals surface area contributed by atoms with Crippen LogP contribution in [0.2, 0.25) is 0 Å². The van der Waals surface area contributed by atoms with Crippen LogP contribution in [0.3, 0.4) is 0 Å². The van der Waals surface area contributed by atoms with Crippen molar-refractivity contribution in [1.82, 2.24) is 5.32 Å². The smallest absolute Gasteiger partial charge is 0.343 e. The molecule has 0 radical (unpaired) electrons. The molecule has 0 aromatic heterocycles. The van der Waals surface area contributed by atoms with Crippen molar-refractivity contribution in [3.8, 4) is 0 Å². The molecule has 3 saturated heterocycles. The van der Waals surface area contributed by atoms with Gasteiger partial charge in [-0.1, -0.05) is 0 Å². The third kappa shape index (κ3) is 1.45. The monoisotopic (exact) mass is 335 g/mol. The quantitative estimate of drug-likeness (QED) is 0.205. The van der Waals surface area contributed by atoms with Gasteiger partial charge in [-0.15, -0.1) is 0 Å². The minimum Gasteiger partial charge on any atom is -0.805 e. The van der Waals surface area contributed by atoms with E-state index in [1.807, 2.05) is 0 Å². The number of aliphatic hydroxyl groups is 6. The Morgan fingerprint density at radius 1 is 1.22 bits per heavy atom. The van der Waals surface area contributed by atoms with Gasteiger partial charge in [0.15, 0.2) is 23.7 Å². The highest BCUT2D eigenvalue weighted by molar-refractivity contribution is 5.74. The molecule has 5 aliphatic rings. The fourth-order valence-electron chi connectivity index (χ4n) is 4.34. The first-order valence-corrected chi connectivity index (χ1v) is 6.95. The zero-order chi connectivity index (χ0) is 16.9. The summed E-state index contributed by atoms with van der Waals surface area (Å²) in [5.41, 5.74) is 1.09. The van der Waals surface area contributed by atoms with E-state index < -0.39 is 60.0 Å². The van der Waals surface area contributed by atoms with E-state index in [9.17, 15) is 35.7 Å². The van der Waals surface area contributed by atoms with E-state index in [1.165, 1.54) is 0 Å². The van der Waals surface area contributed by atoms with Gasteiger partial charge in [-0.2, -0.15) is 0 Å². The van der Waals surface area contributed by atoms with Crippen molar-refractivity contribution in [3.05, 3.63) is 0 Å². The molecular weight excluding hydrogens is 318 g/mol. The SMILES string of the molecule is NC1=[NH+]C(O)C2C3OC4([O-])OC([C@@H](O)[C@]2(N1)[C@@H]4O)[C@]3(O)C(O)O. The number of nitrogens with two attached hydrogens (primary N) is 1. The van der Waals surface area contributed by atoms with E-state index >= 15 is 0 Å². The van der Waals surface area contributed by atoms with Gasteiger partial charge in [-0.25, -0.2) is 0 Å². The third-order valence-electron chi connectivity index (χ3n) is 5.34. The Hall–Kier alpha value is -1.09. The molecule has 4 bridgehead atoms. The van der Waals surface area contributed by atoms with Crippen molar-refractivity contribution in [2.75, 3.05) is 0 Å². The Bertz CT molecular complexity index is 589. The van der Waals surface area contributed by atoms with Crippen LogP contribution in [0.25, 0.3) is 0 Å². The molecule has 4 fully saturated rings. The molecule has 130 valence electrons. The van der Waals surface area contributed by atoms with Gasteiger partial charge in [0.2, 0.25) is 0 Å². The Labute approximate surface area is 128 Å². The molecule has 12 heteroatoms. The molecule has 1 saturated carbocycles. The number of rotatable bonds is 1. The molecule has 4 heterocycles. The molecule has 0 amide bonds. The maximum Gasteiger partial charge on any atom is 0.343 e. The molecule has 5 unspecified atom stereocenters. The number of aliphatic hydroxyl groups excluding tert-OH is 4. The Kier molecular flexibility index (Phi) is 2.76. The summed E-state index contributed by atoms with van der Waals surface area (Å²) in [7, 11) is 0. The Morgan fingerprint density at radius 3 is 2.43 bits per heavy atom. The summed E-state index contributed by atoms with van der Waals surface area (Å²) in [4.78, 5) is 2.38. The van der Waals surface area contributed by atoms with Crippen LogP contribution in [0.1, 0.15) is 0 Å². The summed E-state index contributed by atoms with van der Waals surface area (Å²) in [6.07, 6.45) is -11.2. The van der Waals surface area contributed by atoms with Crippen LogP contribution in [0.15, 0.2) is 0 Å². The van der Waals surface area contributed by atoms with Crippen LogP contribution in [-0.2, 0) is 9.47 Å². The Balaban J connectivity index is 1.95. The summed E-state index contributed by atoms with van der Waals surface area (Å²) in [6.45, 7) is 0. The molecule has 4 aliphatic heterocycles. The van der Waals surface area contributed by atoms with Crippen molar-refractivity contribution in [2.45, 2.75) is 54.0 Å². The van der Waals surface area contributed by atoms with Crippen molar-refractivity contribution < 1.29 is 50.2 Å². The molecule has 0 aromatic rings. The van der Waals surface area contributed by atoms with Crippen LogP contribution in [0, 0.1) is 5.92 Å². The van der Waals surface area contributed by atoms with E-state index in [-0.39, 0.29) is 5.96 Å². The van der Waals surface area contributed by atoms with Crippen molar-refractivity contribution >= 4 is 5.96 Å². The second-order valence-corrected chi connectivity index (χ2v) is 6.38. The van der Waals surface area contributed by atoms with Crippen molar-refractivity contribution in [1.29, 1.82) is 0 Å². The third-order valence-corrected chi connectivity index (χ3v) is 5.34. The summed E-state index contributed by atoms with van der Waals surface area (Å²) in [6, 6.07) is 0. The van der Waals surface area contributed by atoms with Crippen LogP contribution >= 0.6 is 0 Å². The zero-order valence-electron chi connectivity index (χ0n) is 11.5. The molecule has 10 N–H and O–H groups in total. The standard InChI is InChI=1S/C11H16N3O9/c12-8-13-5(16)1-3-10(20,7(18)19)4-2(15)9(1,14-8)6(17)11(21,22-3)23-4/h1-7,15-20H,(H3,12,13,14)/q-1/p+1/t1?,2-,3?,4?,5?,6+,9+,10+,11?/m1/s1. The van der Waals surface area contributed by atoms with Crippen LogP contribution in [0.4, 0.5) is 0 Å². The molecule has 1 aliphatic carbocycles. The lowest BCUT2D eigenvalue weighted by atomic mass is 9.54. The largest absolute Gasteiger partial charge is 0.805 e. The van der Waals surface area contributed by atoms with Crippen LogP contribution in [0.5, 0.6) is 0 Å². The number of guanidine groups is 1. The predicted molar refractivity (Wildman–Crippen MR) is 63.2 cm³/mol. The minimum atomic E-state index is -2.88. The first kappa shape index (κ1) is 15.4. The van der Waals surface area contributed by atoms with Crippen molar-refractivity contribution in [3.63, 3.8) is 0 Å². The summed E-state index contributed by atoms with van der Waals surface area (Å²) in [5, 5.41) is 76.1. The predicted octanol–water partition coefficient (Wildman–Crippen LogP) is -8.75. The van der Waals surface area contributed by atoms with Gasteiger partial charge in [0, 0.05) is 0 Å². The lowest BCUT2D eigenvalue weighted by molar-refractivity contribution is -0.721. The maximum atomic E-state index is 12.6. The highest BCUT2D eigenvalue weighted by atomic mass is 16.9. The van der Waals surface area contributed by atoms with E-state index in [0.717, 1.165) is 0 Å². The molecule has 1 spiro atoms. The van der Waals surface area contributed by atoms with E-state index in [0.29, 0.717) is 0 Å². The average Bonchev–Trinajstić information content (AvgIpc) is 2.44. The highest BCUT2D eigenvalue weighted by Crippen LogP contribution is 2.57. The van der Waals surface area contributed by atoms with Gasteiger partial charge in [-0.05, 0) is 0 Å². The summed E-state index contributed by atoms with van der Waals surface area (Å²) >= 11 is 0. The van der Waals surface area contributed by atoms with Gasteiger partial charge in [-0.3, -0.25) is 16.0 Å². The first-order valence-electron chi connectivity index (χ1n) is 6.95. The second kappa shape index (κ2) is 4.11. The average molecular weight is 335 g/mol. The number of nitrogens with one attached hydrogen (secondary N) is 2. The fourth-order valence-corrected chi connectivity index (χ4v) is 4.34. The number of hydrogen-bond acceptors (Lipinski definition) is 11. The van der Waals surface area contributed by atoms with Gasteiger partial charge in [0.25, 0.3) is 0 Å².